The van der Waals surface area contributed by atoms with Gasteiger partial charge >= 0.3 is 0 Å². The second kappa shape index (κ2) is 3.69. The van der Waals surface area contributed by atoms with Gasteiger partial charge in [0.25, 0.3) is 0 Å². The first-order chi connectivity index (χ1) is 7.22. The Labute approximate surface area is 99.3 Å². The fraction of sp³-hybridized carbons (Fsp3) is 1.00. The predicted octanol–water partition coefficient (Wildman–Crippen LogP) is 2.02. The molecule has 2 rings (SSSR count). The summed E-state index contributed by atoms with van der Waals surface area (Å²) in [6, 6.07) is 0. The zero-order valence-electron chi connectivity index (χ0n) is 11.3. The molecule has 16 heavy (non-hydrogen) atoms. The van der Waals surface area contributed by atoms with E-state index in [1.807, 2.05) is 0 Å². The summed E-state index contributed by atoms with van der Waals surface area (Å²) in [5, 5.41) is 7.31. The molecular weight excluding hydrogens is 200 g/mol. The summed E-state index contributed by atoms with van der Waals surface area (Å²) < 4.78 is 6.23. The minimum Gasteiger partial charge on any atom is -0.358 e. The van der Waals surface area contributed by atoms with Crippen molar-refractivity contribution in [2.75, 3.05) is 6.54 Å². The van der Waals surface area contributed by atoms with Crippen LogP contribution in [0, 0.1) is 0 Å². The number of nitrogens with one attached hydrogen (secondary N) is 2. The van der Waals surface area contributed by atoms with Crippen molar-refractivity contribution in [3.8, 4) is 0 Å². The average Bonchev–Trinajstić information content (AvgIpc) is 1.94. The zero-order chi connectivity index (χ0) is 12.0. The Morgan fingerprint density at radius 2 is 1.62 bits per heavy atom. The van der Waals surface area contributed by atoms with Crippen LogP contribution in [0.3, 0.4) is 0 Å². The smallest absolute Gasteiger partial charge is 0.123 e. The van der Waals surface area contributed by atoms with E-state index in [4.69, 9.17) is 4.74 Å². The number of piperidine rings is 1. The molecule has 3 heteroatoms. The van der Waals surface area contributed by atoms with Gasteiger partial charge in [-0.25, -0.2) is 0 Å². The van der Waals surface area contributed by atoms with Crippen molar-refractivity contribution < 1.29 is 4.74 Å². The van der Waals surface area contributed by atoms with Crippen LogP contribution in [-0.4, -0.2) is 29.5 Å². The Balaban J connectivity index is 2.20. The second-order valence-electron chi connectivity index (χ2n) is 6.88. The monoisotopic (exact) mass is 226 g/mol. The van der Waals surface area contributed by atoms with E-state index in [2.05, 4.69) is 45.3 Å². The maximum absolute atomic E-state index is 6.23. The van der Waals surface area contributed by atoms with Crippen LogP contribution < -0.4 is 10.6 Å². The average molecular weight is 226 g/mol. The van der Waals surface area contributed by atoms with Gasteiger partial charge in [-0.2, -0.15) is 0 Å². The molecule has 0 aliphatic carbocycles. The fourth-order valence-corrected chi connectivity index (χ4v) is 3.69. The molecule has 0 amide bonds. The fourth-order valence-electron chi connectivity index (χ4n) is 3.69. The lowest BCUT2D eigenvalue weighted by molar-refractivity contribution is -0.178. The summed E-state index contributed by atoms with van der Waals surface area (Å²) in [5.41, 5.74) is 0.146. The van der Waals surface area contributed by atoms with Crippen LogP contribution in [0.15, 0.2) is 0 Å². The van der Waals surface area contributed by atoms with E-state index in [0.29, 0.717) is 6.10 Å². The first-order valence-corrected chi connectivity index (χ1v) is 6.44. The van der Waals surface area contributed by atoms with Crippen LogP contribution in [0.4, 0.5) is 0 Å². The number of hydrogen-bond acceptors (Lipinski definition) is 3. The second-order valence-corrected chi connectivity index (χ2v) is 6.88. The van der Waals surface area contributed by atoms with E-state index in [0.717, 1.165) is 25.8 Å². The minimum atomic E-state index is -0.115. The highest BCUT2D eigenvalue weighted by molar-refractivity contribution is 5.05. The molecule has 0 aromatic rings. The summed E-state index contributed by atoms with van der Waals surface area (Å²) in [7, 11) is 0. The molecule has 2 heterocycles. The third-order valence-corrected chi connectivity index (χ3v) is 3.56. The van der Waals surface area contributed by atoms with Crippen LogP contribution in [-0.2, 0) is 4.74 Å². The van der Waals surface area contributed by atoms with Crippen molar-refractivity contribution in [1.82, 2.24) is 10.6 Å². The summed E-state index contributed by atoms with van der Waals surface area (Å²) in [4.78, 5) is 0. The van der Waals surface area contributed by atoms with Gasteiger partial charge in [0.1, 0.15) is 5.72 Å². The summed E-state index contributed by atoms with van der Waals surface area (Å²) in [6.45, 7) is 12.3. The van der Waals surface area contributed by atoms with E-state index >= 15 is 0 Å². The molecular formula is C13H26N2O. The summed E-state index contributed by atoms with van der Waals surface area (Å²) >= 11 is 0. The standard InChI is InChI=1S/C13H26N2O/c1-10-6-7-14-13(16-10)8-11(2,3)15-12(4,5)9-13/h10,14-15H,6-9H2,1-5H3. The highest BCUT2D eigenvalue weighted by Gasteiger charge is 2.49. The first kappa shape index (κ1) is 12.3. The van der Waals surface area contributed by atoms with E-state index in [1.54, 1.807) is 0 Å². The maximum atomic E-state index is 6.23. The molecule has 2 aliphatic rings. The topological polar surface area (TPSA) is 33.3 Å². The van der Waals surface area contributed by atoms with Crippen molar-refractivity contribution in [3.05, 3.63) is 0 Å². The number of rotatable bonds is 0. The van der Waals surface area contributed by atoms with Gasteiger partial charge in [0.2, 0.25) is 0 Å². The Bertz CT molecular complexity index is 257. The van der Waals surface area contributed by atoms with Crippen molar-refractivity contribution in [2.45, 2.75) is 76.8 Å². The predicted molar refractivity (Wildman–Crippen MR) is 66.4 cm³/mol. The quantitative estimate of drug-likeness (QED) is 0.663. The Morgan fingerprint density at radius 1 is 1.06 bits per heavy atom. The number of ether oxygens (including phenoxy) is 1. The third-order valence-electron chi connectivity index (χ3n) is 3.56. The van der Waals surface area contributed by atoms with E-state index in [1.165, 1.54) is 0 Å². The van der Waals surface area contributed by atoms with Gasteiger partial charge in [-0.3, -0.25) is 5.32 Å². The van der Waals surface area contributed by atoms with Gasteiger partial charge < -0.3 is 10.1 Å². The van der Waals surface area contributed by atoms with Crippen LogP contribution in [0.2, 0.25) is 0 Å². The molecule has 2 N–H and O–H groups in total. The maximum Gasteiger partial charge on any atom is 0.123 e. The normalized spacial score (nSPS) is 36.2. The molecule has 0 bridgehead atoms. The van der Waals surface area contributed by atoms with Crippen molar-refractivity contribution in [3.63, 3.8) is 0 Å². The van der Waals surface area contributed by atoms with Crippen molar-refractivity contribution in [2.24, 2.45) is 0 Å². The lowest BCUT2D eigenvalue weighted by Crippen LogP contribution is -2.70. The highest BCUT2D eigenvalue weighted by atomic mass is 16.5. The molecule has 0 aromatic heterocycles. The molecule has 3 nitrogen and oxygen atoms in total. The molecule has 2 aliphatic heterocycles. The van der Waals surface area contributed by atoms with E-state index < -0.39 is 0 Å². The minimum absolute atomic E-state index is 0.115. The van der Waals surface area contributed by atoms with Crippen LogP contribution in [0.1, 0.15) is 53.9 Å². The lowest BCUT2D eigenvalue weighted by Gasteiger charge is -2.55. The van der Waals surface area contributed by atoms with Crippen molar-refractivity contribution in [1.29, 1.82) is 0 Å². The number of hydrogen-bond donors (Lipinski definition) is 2. The zero-order valence-corrected chi connectivity index (χ0v) is 11.3. The van der Waals surface area contributed by atoms with Gasteiger partial charge in [-0.1, -0.05) is 0 Å². The van der Waals surface area contributed by atoms with Gasteiger partial charge in [-0.15, -0.1) is 0 Å². The SMILES string of the molecule is CC1CCNC2(CC(C)(C)NC(C)(C)C2)O1. The summed E-state index contributed by atoms with van der Waals surface area (Å²) in [6.07, 6.45) is 3.57. The Kier molecular flexibility index (Phi) is 2.84. The van der Waals surface area contributed by atoms with Crippen molar-refractivity contribution >= 4 is 0 Å². The van der Waals surface area contributed by atoms with Gasteiger partial charge in [0.05, 0.1) is 6.10 Å². The molecule has 0 saturated carbocycles. The molecule has 0 radical (unpaired) electrons. The first-order valence-electron chi connectivity index (χ1n) is 6.44. The molecule has 1 atom stereocenters. The van der Waals surface area contributed by atoms with Gasteiger partial charge in [0.15, 0.2) is 0 Å². The van der Waals surface area contributed by atoms with E-state index in [-0.39, 0.29) is 16.8 Å². The Morgan fingerprint density at radius 3 is 2.12 bits per heavy atom. The molecule has 0 aromatic carbocycles. The van der Waals surface area contributed by atoms with Gasteiger partial charge in [0, 0.05) is 30.5 Å². The largest absolute Gasteiger partial charge is 0.358 e. The lowest BCUT2D eigenvalue weighted by atomic mass is 9.76. The summed E-state index contributed by atoms with van der Waals surface area (Å²) in [5.74, 6) is 0. The van der Waals surface area contributed by atoms with Crippen LogP contribution >= 0.6 is 0 Å². The van der Waals surface area contributed by atoms with Gasteiger partial charge in [-0.05, 0) is 41.0 Å². The Hall–Kier alpha value is -0.120. The van der Waals surface area contributed by atoms with E-state index in [9.17, 15) is 0 Å². The molecule has 2 fully saturated rings. The molecule has 2 saturated heterocycles. The molecule has 1 spiro atoms. The molecule has 1 unspecified atom stereocenters. The highest BCUT2D eigenvalue weighted by Crippen LogP contribution is 2.38. The van der Waals surface area contributed by atoms with Crippen LogP contribution in [0.25, 0.3) is 0 Å². The van der Waals surface area contributed by atoms with Crippen LogP contribution in [0.5, 0.6) is 0 Å². The molecule has 94 valence electrons. The third kappa shape index (κ3) is 2.58.